The van der Waals surface area contributed by atoms with Crippen LogP contribution in [-0.2, 0) is 4.79 Å². The summed E-state index contributed by atoms with van der Waals surface area (Å²) in [4.78, 5) is 12.1. The third kappa shape index (κ3) is 3.52. The average Bonchev–Trinajstić information content (AvgIpc) is 2.99. The number of carbonyl (C=O) groups is 1. The third-order valence-corrected chi connectivity index (χ3v) is 4.37. The summed E-state index contributed by atoms with van der Waals surface area (Å²) in [5, 5.41) is 16.5. The van der Waals surface area contributed by atoms with Crippen LogP contribution in [0.3, 0.4) is 0 Å². The molecule has 1 amide bonds. The van der Waals surface area contributed by atoms with Crippen molar-refractivity contribution in [1.82, 2.24) is 16.0 Å². The number of hydrogen-bond donors (Lipinski definition) is 3. The Morgan fingerprint density at radius 1 is 1.32 bits per heavy atom. The van der Waals surface area contributed by atoms with Gasteiger partial charge in [-0.15, -0.1) is 0 Å². The van der Waals surface area contributed by atoms with Crippen molar-refractivity contribution in [2.24, 2.45) is 5.10 Å². The second-order valence-electron chi connectivity index (χ2n) is 5.22. The number of hydrogen-bond acceptors (Lipinski definition) is 5. The highest BCUT2D eigenvalue weighted by Crippen LogP contribution is 2.28. The maximum atomic E-state index is 12.1. The van der Waals surface area contributed by atoms with E-state index in [-0.39, 0.29) is 11.9 Å². The minimum absolute atomic E-state index is 0.0538. The Morgan fingerprint density at radius 2 is 2.18 bits per heavy atom. The summed E-state index contributed by atoms with van der Waals surface area (Å²) in [6, 6.07) is 5.15. The molecular formula is C14H17Cl2N5O. The van der Waals surface area contributed by atoms with Crippen molar-refractivity contribution in [3.8, 4) is 0 Å². The van der Waals surface area contributed by atoms with Crippen LogP contribution in [-0.4, -0.2) is 44.0 Å². The van der Waals surface area contributed by atoms with Gasteiger partial charge in [-0.05, 0) is 18.2 Å². The average molecular weight is 342 g/mol. The van der Waals surface area contributed by atoms with Crippen molar-refractivity contribution < 1.29 is 4.79 Å². The van der Waals surface area contributed by atoms with Gasteiger partial charge in [0.15, 0.2) is 0 Å². The van der Waals surface area contributed by atoms with E-state index in [4.69, 9.17) is 23.2 Å². The summed E-state index contributed by atoms with van der Waals surface area (Å²) in [7, 11) is 0. The zero-order valence-electron chi connectivity index (χ0n) is 11.9. The third-order valence-electron chi connectivity index (χ3n) is 3.63. The Hall–Kier alpha value is -1.34. The molecule has 8 heteroatoms. The molecule has 0 aliphatic carbocycles. The van der Waals surface area contributed by atoms with Gasteiger partial charge in [0.1, 0.15) is 5.84 Å². The van der Waals surface area contributed by atoms with Crippen LogP contribution < -0.4 is 21.0 Å². The smallest absolute Gasteiger partial charge is 0.243 e. The lowest BCUT2D eigenvalue weighted by Crippen LogP contribution is -2.56. The Balaban J connectivity index is 1.63. The number of carbonyl (C=O) groups excluding carboxylic acids is 1. The van der Waals surface area contributed by atoms with Crippen molar-refractivity contribution >= 4 is 40.6 Å². The standard InChI is InChI=1S/C14H17Cl2N5O/c15-10-2-1-9(7-11(10)16)21-6-3-13(20-21)19-14(22)12-8-17-4-5-18-12/h1-2,7,12,17-18H,3-6,8H2,(H,19,20,22). The number of piperazine rings is 1. The van der Waals surface area contributed by atoms with Gasteiger partial charge in [0.05, 0.1) is 21.8 Å². The van der Waals surface area contributed by atoms with Gasteiger partial charge < -0.3 is 16.0 Å². The van der Waals surface area contributed by atoms with E-state index < -0.39 is 0 Å². The molecule has 1 saturated heterocycles. The maximum Gasteiger partial charge on any atom is 0.243 e. The zero-order valence-corrected chi connectivity index (χ0v) is 13.4. The molecule has 22 heavy (non-hydrogen) atoms. The number of amides is 1. The highest BCUT2D eigenvalue weighted by Gasteiger charge is 2.24. The summed E-state index contributed by atoms with van der Waals surface area (Å²) in [5.74, 6) is 0.616. The van der Waals surface area contributed by atoms with Crippen molar-refractivity contribution in [2.75, 3.05) is 31.2 Å². The van der Waals surface area contributed by atoms with Crippen LogP contribution in [0, 0.1) is 0 Å². The van der Waals surface area contributed by atoms with Gasteiger partial charge in [-0.3, -0.25) is 9.80 Å². The lowest BCUT2D eigenvalue weighted by atomic mass is 10.2. The van der Waals surface area contributed by atoms with Gasteiger partial charge in [0, 0.05) is 32.6 Å². The van der Waals surface area contributed by atoms with Gasteiger partial charge >= 0.3 is 0 Å². The first-order valence-corrected chi connectivity index (χ1v) is 7.94. The summed E-state index contributed by atoms with van der Waals surface area (Å²) < 4.78 is 0. The van der Waals surface area contributed by atoms with Crippen molar-refractivity contribution in [3.63, 3.8) is 0 Å². The second-order valence-corrected chi connectivity index (χ2v) is 6.03. The van der Waals surface area contributed by atoms with E-state index in [0.29, 0.717) is 35.4 Å². The monoisotopic (exact) mass is 341 g/mol. The minimum atomic E-state index is -0.213. The molecule has 1 aromatic carbocycles. The molecular weight excluding hydrogens is 325 g/mol. The fourth-order valence-corrected chi connectivity index (χ4v) is 2.74. The van der Waals surface area contributed by atoms with E-state index >= 15 is 0 Å². The van der Waals surface area contributed by atoms with E-state index in [1.165, 1.54) is 0 Å². The Morgan fingerprint density at radius 3 is 2.91 bits per heavy atom. The van der Waals surface area contributed by atoms with Crippen molar-refractivity contribution in [1.29, 1.82) is 0 Å². The maximum absolute atomic E-state index is 12.1. The number of anilines is 1. The fourth-order valence-electron chi connectivity index (χ4n) is 2.45. The highest BCUT2D eigenvalue weighted by molar-refractivity contribution is 6.42. The molecule has 2 aliphatic rings. The second kappa shape index (κ2) is 6.83. The SMILES string of the molecule is O=C(NC1=NN(c2ccc(Cl)c(Cl)c2)CC1)C1CNCCN1. The summed E-state index contributed by atoms with van der Waals surface area (Å²) in [5.41, 5.74) is 0.858. The van der Waals surface area contributed by atoms with E-state index in [2.05, 4.69) is 21.1 Å². The minimum Gasteiger partial charge on any atom is -0.313 e. The molecule has 2 heterocycles. The molecule has 0 aromatic heterocycles. The first kappa shape index (κ1) is 15.6. The highest BCUT2D eigenvalue weighted by atomic mass is 35.5. The molecule has 2 aliphatic heterocycles. The molecule has 1 unspecified atom stereocenters. The van der Waals surface area contributed by atoms with Crippen LogP contribution in [0.25, 0.3) is 0 Å². The van der Waals surface area contributed by atoms with E-state index in [1.807, 2.05) is 11.1 Å². The number of nitrogens with one attached hydrogen (secondary N) is 3. The quantitative estimate of drug-likeness (QED) is 0.755. The predicted octanol–water partition coefficient (Wildman–Crippen LogP) is 1.19. The van der Waals surface area contributed by atoms with Crippen LogP contribution in [0.4, 0.5) is 5.69 Å². The van der Waals surface area contributed by atoms with Crippen molar-refractivity contribution in [3.05, 3.63) is 28.2 Å². The number of benzene rings is 1. The molecule has 1 fully saturated rings. The first-order chi connectivity index (χ1) is 10.6. The normalized spacial score (nSPS) is 21.6. The Kier molecular flexibility index (Phi) is 4.83. The zero-order chi connectivity index (χ0) is 15.5. The summed E-state index contributed by atoms with van der Waals surface area (Å²) in [6.45, 7) is 3.01. The van der Waals surface area contributed by atoms with Crippen LogP contribution >= 0.6 is 23.2 Å². The lowest BCUT2D eigenvalue weighted by Gasteiger charge is -2.23. The fraction of sp³-hybridized carbons (Fsp3) is 0.429. The van der Waals surface area contributed by atoms with Gasteiger partial charge in [-0.1, -0.05) is 23.2 Å². The number of amidine groups is 1. The lowest BCUT2D eigenvalue weighted by molar-refractivity contribution is -0.121. The number of nitrogens with zero attached hydrogens (tertiary/aromatic N) is 2. The molecule has 0 spiro atoms. The molecule has 118 valence electrons. The van der Waals surface area contributed by atoms with E-state index in [1.54, 1.807) is 12.1 Å². The number of halogens is 2. The summed E-state index contributed by atoms with van der Waals surface area (Å²) in [6.07, 6.45) is 0.687. The van der Waals surface area contributed by atoms with Crippen molar-refractivity contribution in [2.45, 2.75) is 12.5 Å². The van der Waals surface area contributed by atoms with Gasteiger partial charge in [-0.25, -0.2) is 0 Å². The molecule has 3 rings (SSSR count). The molecule has 0 saturated carbocycles. The molecule has 1 atom stereocenters. The topological polar surface area (TPSA) is 68.8 Å². The van der Waals surface area contributed by atoms with Gasteiger partial charge in [0.2, 0.25) is 5.91 Å². The molecule has 6 nitrogen and oxygen atoms in total. The molecule has 1 aromatic rings. The van der Waals surface area contributed by atoms with Crippen LogP contribution in [0.5, 0.6) is 0 Å². The van der Waals surface area contributed by atoms with Gasteiger partial charge in [0.25, 0.3) is 0 Å². The van der Waals surface area contributed by atoms with E-state index in [0.717, 1.165) is 18.8 Å². The Bertz CT molecular complexity index is 601. The number of hydrazone groups is 1. The van der Waals surface area contributed by atoms with Crippen LogP contribution in [0.2, 0.25) is 10.0 Å². The predicted molar refractivity (Wildman–Crippen MR) is 88.7 cm³/mol. The van der Waals surface area contributed by atoms with Gasteiger partial charge in [-0.2, -0.15) is 5.10 Å². The van der Waals surface area contributed by atoms with Crippen LogP contribution in [0.1, 0.15) is 6.42 Å². The van der Waals surface area contributed by atoms with E-state index in [9.17, 15) is 4.79 Å². The molecule has 3 N–H and O–H groups in total. The number of rotatable bonds is 2. The molecule has 0 bridgehead atoms. The Labute approximate surface area is 138 Å². The summed E-state index contributed by atoms with van der Waals surface area (Å²) >= 11 is 11.9. The largest absolute Gasteiger partial charge is 0.313 e. The first-order valence-electron chi connectivity index (χ1n) is 7.18. The van der Waals surface area contributed by atoms with Crippen LogP contribution in [0.15, 0.2) is 23.3 Å². The molecule has 0 radical (unpaired) electrons.